The van der Waals surface area contributed by atoms with Crippen LogP contribution < -0.4 is 5.32 Å². The molecule has 1 saturated heterocycles. The summed E-state index contributed by atoms with van der Waals surface area (Å²) in [7, 11) is 0. The fraction of sp³-hybridized carbons (Fsp3) is 0.308. The summed E-state index contributed by atoms with van der Waals surface area (Å²) >= 11 is 0. The van der Waals surface area contributed by atoms with Gasteiger partial charge in [-0.2, -0.15) is 5.21 Å². The molecule has 2 N–H and O–H groups in total. The van der Waals surface area contributed by atoms with Crippen molar-refractivity contribution in [3.63, 3.8) is 0 Å². The van der Waals surface area contributed by atoms with Crippen molar-refractivity contribution in [2.24, 2.45) is 0 Å². The zero-order chi connectivity index (χ0) is 14.8. The van der Waals surface area contributed by atoms with E-state index in [1.54, 1.807) is 36.1 Å². The summed E-state index contributed by atoms with van der Waals surface area (Å²) in [5.74, 6) is 0.190. The smallest absolute Gasteiger partial charge is 0.254 e. The zero-order valence-electron chi connectivity index (χ0n) is 11.4. The first-order chi connectivity index (χ1) is 10.2. The van der Waals surface area contributed by atoms with E-state index in [9.17, 15) is 9.59 Å². The van der Waals surface area contributed by atoms with Crippen LogP contribution in [0.3, 0.4) is 0 Å². The molecule has 1 aromatic heterocycles. The minimum atomic E-state index is -0.455. The maximum atomic E-state index is 12.4. The van der Waals surface area contributed by atoms with E-state index in [0.29, 0.717) is 24.5 Å². The predicted molar refractivity (Wildman–Crippen MR) is 73.1 cm³/mol. The van der Waals surface area contributed by atoms with Crippen LogP contribution in [0.5, 0.6) is 0 Å². The van der Waals surface area contributed by atoms with Crippen LogP contribution in [0.1, 0.15) is 17.3 Å². The van der Waals surface area contributed by atoms with Crippen molar-refractivity contribution in [3.8, 4) is 11.4 Å². The summed E-state index contributed by atoms with van der Waals surface area (Å²) in [4.78, 5) is 25.6. The van der Waals surface area contributed by atoms with Gasteiger partial charge in [-0.3, -0.25) is 9.59 Å². The largest absolute Gasteiger partial charge is 0.353 e. The van der Waals surface area contributed by atoms with E-state index >= 15 is 0 Å². The van der Waals surface area contributed by atoms with Crippen molar-refractivity contribution in [1.29, 1.82) is 0 Å². The van der Waals surface area contributed by atoms with Crippen molar-refractivity contribution >= 4 is 11.8 Å². The van der Waals surface area contributed by atoms with Crippen molar-refractivity contribution in [3.05, 3.63) is 29.8 Å². The summed E-state index contributed by atoms with van der Waals surface area (Å²) in [5.41, 5.74) is 1.30. The van der Waals surface area contributed by atoms with Gasteiger partial charge in [0.1, 0.15) is 6.04 Å². The Bertz CT molecular complexity index is 652. The maximum absolute atomic E-state index is 12.4. The molecule has 0 bridgehead atoms. The molecule has 2 amide bonds. The molecule has 1 aliphatic heterocycles. The molecule has 3 rings (SSSR count). The molecule has 2 heterocycles. The molecule has 1 atom stereocenters. The third-order valence-corrected chi connectivity index (χ3v) is 3.50. The molecule has 8 heteroatoms. The average Bonchev–Trinajstić information content (AvgIpc) is 3.04. The molecule has 0 spiro atoms. The molecule has 108 valence electrons. The van der Waals surface area contributed by atoms with Crippen LogP contribution >= 0.6 is 0 Å². The molecule has 1 unspecified atom stereocenters. The third-order valence-electron chi connectivity index (χ3n) is 3.50. The normalized spacial score (nSPS) is 18.4. The Hall–Kier alpha value is -2.77. The Labute approximate surface area is 120 Å². The molecule has 1 fully saturated rings. The SMILES string of the molecule is CC1C(=O)NCCN1C(=O)c1ccc(-c2nn[nH]n2)cc1. The second kappa shape index (κ2) is 5.31. The lowest BCUT2D eigenvalue weighted by Crippen LogP contribution is -2.55. The first-order valence-corrected chi connectivity index (χ1v) is 6.59. The minimum absolute atomic E-state index is 0.127. The van der Waals surface area contributed by atoms with E-state index in [1.165, 1.54) is 0 Å². The fourth-order valence-electron chi connectivity index (χ4n) is 2.27. The van der Waals surface area contributed by atoms with Gasteiger partial charge in [0.15, 0.2) is 0 Å². The number of aromatic nitrogens is 4. The van der Waals surface area contributed by atoms with Crippen molar-refractivity contribution < 1.29 is 9.59 Å². The number of nitrogens with zero attached hydrogens (tertiary/aromatic N) is 4. The highest BCUT2D eigenvalue weighted by Crippen LogP contribution is 2.16. The number of nitrogens with one attached hydrogen (secondary N) is 2. The molecular weight excluding hydrogens is 272 g/mol. The lowest BCUT2D eigenvalue weighted by atomic mass is 10.1. The highest BCUT2D eigenvalue weighted by atomic mass is 16.2. The molecule has 0 saturated carbocycles. The Morgan fingerprint density at radius 1 is 1.33 bits per heavy atom. The molecule has 2 aromatic rings. The van der Waals surface area contributed by atoms with Gasteiger partial charge in [0.25, 0.3) is 5.91 Å². The summed E-state index contributed by atoms with van der Waals surface area (Å²) < 4.78 is 0. The molecular formula is C13H14N6O2. The number of hydrogen-bond donors (Lipinski definition) is 2. The molecule has 1 aliphatic rings. The van der Waals surface area contributed by atoms with Gasteiger partial charge in [-0.25, -0.2) is 0 Å². The first kappa shape index (κ1) is 13.2. The highest BCUT2D eigenvalue weighted by molar-refractivity contribution is 5.98. The summed E-state index contributed by atoms with van der Waals surface area (Å²) in [6, 6.07) is 6.46. The van der Waals surface area contributed by atoms with Gasteiger partial charge in [0.2, 0.25) is 11.7 Å². The minimum Gasteiger partial charge on any atom is -0.353 e. The number of aromatic amines is 1. The van der Waals surface area contributed by atoms with Crippen LogP contribution in [0.25, 0.3) is 11.4 Å². The molecule has 1 aromatic carbocycles. The second-order valence-corrected chi connectivity index (χ2v) is 4.78. The number of rotatable bonds is 2. The standard InChI is InChI=1S/C13H14N6O2/c1-8-12(20)14-6-7-19(8)13(21)10-4-2-9(3-5-10)11-15-17-18-16-11/h2-5,8H,6-7H2,1H3,(H,14,20)(H,15,16,17,18). The number of H-pyrrole nitrogens is 1. The summed E-state index contributed by atoms with van der Waals surface area (Å²) in [6.45, 7) is 2.72. The average molecular weight is 286 g/mol. The Balaban J connectivity index is 1.80. The number of piperazine rings is 1. The van der Waals surface area contributed by atoms with E-state index in [4.69, 9.17) is 0 Å². The first-order valence-electron chi connectivity index (χ1n) is 6.59. The van der Waals surface area contributed by atoms with Gasteiger partial charge in [-0.1, -0.05) is 12.1 Å². The Morgan fingerprint density at radius 2 is 2.10 bits per heavy atom. The number of amides is 2. The predicted octanol–water partition coefficient (Wildman–Crippen LogP) is -0.173. The van der Waals surface area contributed by atoms with E-state index in [2.05, 4.69) is 25.9 Å². The molecule has 0 radical (unpaired) electrons. The number of carbonyl (C=O) groups excluding carboxylic acids is 2. The Morgan fingerprint density at radius 3 is 2.76 bits per heavy atom. The van der Waals surface area contributed by atoms with Crippen LogP contribution in [0.2, 0.25) is 0 Å². The molecule has 0 aliphatic carbocycles. The van der Waals surface area contributed by atoms with Crippen LogP contribution in [0, 0.1) is 0 Å². The quantitative estimate of drug-likeness (QED) is 0.797. The van der Waals surface area contributed by atoms with Gasteiger partial charge < -0.3 is 10.2 Å². The zero-order valence-corrected chi connectivity index (χ0v) is 11.4. The van der Waals surface area contributed by atoms with E-state index < -0.39 is 6.04 Å². The van der Waals surface area contributed by atoms with E-state index in [-0.39, 0.29) is 11.8 Å². The van der Waals surface area contributed by atoms with Gasteiger partial charge >= 0.3 is 0 Å². The third kappa shape index (κ3) is 2.47. The van der Waals surface area contributed by atoms with Crippen molar-refractivity contribution in [2.75, 3.05) is 13.1 Å². The van der Waals surface area contributed by atoms with Gasteiger partial charge in [-0.15, -0.1) is 10.2 Å². The van der Waals surface area contributed by atoms with E-state index in [0.717, 1.165) is 5.56 Å². The lowest BCUT2D eigenvalue weighted by Gasteiger charge is -2.32. The van der Waals surface area contributed by atoms with E-state index in [1.807, 2.05) is 0 Å². The van der Waals surface area contributed by atoms with Gasteiger partial charge in [0.05, 0.1) is 0 Å². The summed E-state index contributed by atoms with van der Waals surface area (Å²) in [6.07, 6.45) is 0. The number of hydrogen-bond acceptors (Lipinski definition) is 5. The second-order valence-electron chi connectivity index (χ2n) is 4.78. The maximum Gasteiger partial charge on any atom is 0.254 e. The lowest BCUT2D eigenvalue weighted by molar-refractivity contribution is -0.127. The van der Waals surface area contributed by atoms with Gasteiger partial charge in [-0.05, 0) is 24.3 Å². The van der Waals surface area contributed by atoms with Crippen LogP contribution in [0.4, 0.5) is 0 Å². The number of benzene rings is 1. The van der Waals surface area contributed by atoms with Crippen LogP contribution in [-0.4, -0.2) is 56.5 Å². The fourth-order valence-corrected chi connectivity index (χ4v) is 2.27. The van der Waals surface area contributed by atoms with Crippen molar-refractivity contribution in [1.82, 2.24) is 30.8 Å². The molecule has 8 nitrogen and oxygen atoms in total. The number of tetrazole rings is 1. The monoisotopic (exact) mass is 286 g/mol. The Kier molecular flexibility index (Phi) is 3.35. The molecule has 21 heavy (non-hydrogen) atoms. The number of carbonyl (C=O) groups is 2. The van der Waals surface area contributed by atoms with Crippen molar-refractivity contribution in [2.45, 2.75) is 13.0 Å². The van der Waals surface area contributed by atoms with Gasteiger partial charge in [0, 0.05) is 24.2 Å². The van der Waals surface area contributed by atoms with Crippen LogP contribution in [0.15, 0.2) is 24.3 Å². The highest BCUT2D eigenvalue weighted by Gasteiger charge is 2.29. The van der Waals surface area contributed by atoms with Crippen LogP contribution in [-0.2, 0) is 4.79 Å². The summed E-state index contributed by atoms with van der Waals surface area (Å²) in [5, 5.41) is 16.4. The topological polar surface area (TPSA) is 104 Å².